The van der Waals surface area contributed by atoms with Gasteiger partial charge >= 0.3 is 0 Å². The van der Waals surface area contributed by atoms with E-state index in [1.54, 1.807) is 12.1 Å². The predicted octanol–water partition coefficient (Wildman–Crippen LogP) is 4.33. The monoisotopic (exact) mass is 358 g/mol. The van der Waals surface area contributed by atoms with E-state index in [4.69, 9.17) is 4.99 Å². The van der Waals surface area contributed by atoms with Crippen LogP contribution in [0.2, 0.25) is 0 Å². The number of hydrogen-bond acceptors (Lipinski definition) is 4. The van der Waals surface area contributed by atoms with Gasteiger partial charge in [-0.1, -0.05) is 30.3 Å². The molecule has 4 nitrogen and oxygen atoms in total. The maximum atomic E-state index is 13.3. The zero-order chi connectivity index (χ0) is 18.8. The summed E-state index contributed by atoms with van der Waals surface area (Å²) in [5.41, 5.74) is 8.53. The van der Waals surface area contributed by atoms with Gasteiger partial charge in [0.1, 0.15) is 5.82 Å². The number of rotatable bonds is 3. The first-order chi connectivity index (χ1) is 13.1. The molecule has 4 rings (SSSR count). The van der Waals surface area contributed by atoms with Gasteiger partial charge in [-0.05, 0) is 42.5 Å². The van der Waals surface area contributed by atoms with Crippen molar-refractivity contribution in [3.8, 4) is 0 Å². The summed E-state index contributed by atoms with van der Waals surface area (Å²) in [6, 6.07) is 22.3. The van der Waals surface area contributed by atoms with Crippen molar-refractivity contribution in [2.45, 2.75) is 0 Å². The van der Waals surface area contributed by atoms with E-state index in [9.17, 15) is 4.39 Å². The van der Waals surface area contributed by atoms with E-state index < -0.39 is 0 Å². The molecule has 0 bridgehead atoms. The molecule has 1 N–H and O–H groups in total. The summed E-state index contributed by atoms with van der Waals surface area (Å²) in [5.74, 6) is 0.306. The smallest absolute Gasteiger partial charge is 0.154 e. The average molecular weight is 358 g/mol. The van der Waals surface area contributed by atoms with Crippen molar-refractivity contribution >= 4 is 22.9 Å². The van der Waals surface area contributed by atoms with Gasteiger partial charge in [0.25, 0.3) is 0 Å². The van der Waals surface area contributed by atoms with Crippen LogP contribution in [-0.2, 0) is 0 Å². The molecule has 1 aliphatic heterocycles. The fraction of sp³-hybridized carbons (Fsp3) is 0.0909. The van der Waals surface area contributed by atoms with Crippen molar-refractivity contribution in [2.75, 3.05) is 19.0 Å². The Morgan fingerprint density at radius 3 is 2.19 bits per heavy atom. The lowest BCUT2D eigenvalue weighted by molar-refractivity contribution is 0.627. The van der Waals surface area contributed by atoms with Crippen molar-refractivity contribution in [3.63, 3.8) is 0 Å². The highest BCUT2D eigenvalue weighted by atomic mass is 19.1. The van der Waals surface area contributed by atoms with Crippen LogP contribution in [0.5, 0.6) is 0 Å². The van der Waals surface area contributed by atoms with Crippen LogP contribution >= 0.6 is 0 Å². The fourth-order valence-electron chi connectivity index (χ4n) is 2.96. The van der Waals surface area contributed by atoms with Gasteiger partial charge in [0, 0.05) is 36.5 Å². The lowest BCUT2D eigenvalue weighted by Crippen LogP contribution is -2.19. The summed E-state index contributed by atoms with van der Waals surface area (Å²) < 4.78 is 13.3. The van der Waals surface area contributed by atoms with Crippen LogP contribution < -0.4 is 10.3 Å². The maximum Gasteiger partial charge on any atom is 0.154 e. The van der Waals surface area contributed by atoms with Gasteiger partial charge in [-0.25, -0.2) is 9.38 Å². The Morgan fingerprint density at radius 2 is 1.48 bits per heavy atom. The van der Waals surface area contributed by atoms with Crippen LogP contribution in [0.1, 0.15) is 16.7 Å². The van der Waals surface area contributed by atoms with E-state index in [1.165, 1.54) is 12.1 Å². The first-order valence-corrected chi connectivity index (χ1v) is 8.67. The molecule has 0 saturated heterocycles. The number of hydrogen-bond donors (Lipinski definition) is 1. The number of para-hydroxylation sites is 1. The molecule has 5 heteroatoms. The summed E-state index contributed by atoms with van der Waals surface area (Å²) in [7, 11) is 4.02. The minimum atomic E-state index is -0.279. The third-order valence-electron chi connectivity index (χ3n) is 4.44. The van der Waals surface area contributed by atoms with E-state index in [0.29, 0.717) is 5.84 Å². The Kier molecular flexibility index (Phi) is 4.42. The number of benzene rings is 3. The number of fused-ring (bicyclic) bond motifs is 1. The number of halogens is 1. The van der Waals surface area contributed by atoms with E-state index in [-0.39, 0.29) is 5.82 Å². The molecule has 3 aromatic rings. The second-order valence-corrected chi connectivity index (χ2v) is 6.50. The molecular formula is C22H19FN4. The van der Waals surface area contributed by atoms with E-state index >= 15 is 0 Å². The Hall–Kier alpha value is -3.47. The van der Waals surface area contributed by atoms with Gasteiger partial charge in [-0.3, -0.25) is 5.43 Å². The molecule has 0 aliphatic carbocycles. The average Bonchev–Trinajstić information content (AvgIpc) is 2.88. The normalized spacial score (nSPS) is 13.0. The first kappa shape index (κ1) is 17.0. The van der Waals surface area contributed by atoms with Crippen LogP contribution in [0.3, 0.4) is 0 Å². The van der Waals surface area contributed by atoms with Crippen molar-refractivity contribution in [1.82, 2.24) is 5.43 Å². The second-order valence-electron chi connectivity index (χ2n) is 6.50. The maximum absolute atomic E-state index is 13.3. The van der Waals surface area contributed by atoms with Gasteiger partial charge in [0.2, 0.25) is 0 Å². The quantitative estimate of drug-likeness (QED) is 0.757. The van der Waals surface area contributed by atoms with Crippen LogP contribution in [0.15, 0.2) is 82.9 Å². The van der Waals surface area contributed by atoms with Gasteiger partial charge in [-0.15, -0.1) is 0 Å². The van der Waals surface area contributed by atoms with Crippen LogP contribution in [-0.4, -0.2) is 25.6 Å². The first-order valence-electron chi connectivity index (χ1n) is 8.67. The van der Waals surface area contributed by atoms with Gasteiger partial charge in [0.05, 0.1) is 11.4 Å². The topological polar surface area (TPSA) is 40.0 Å². The molecule has 0 unspecified atom stereocenters. The predicted molar refractivity (Wildman–Crippen MR) is 109 cm³/mol. The summed E-state index contributed by atoms with van der Waals surface area (Å²) in [5, 5.41) is 4.62. The van der Waals surface area contributed by atoms with Gasteiger partial charge in [0.15, 0.2) is 5.84 Å². The fourth-order valence-corrected chi connectivity index (χ4v) is 2.96. The molecule has 3 aromatic carbocycles. The SMILES string of the molecule is CN(C)c1ccc(C2=NNC(c3ccc(F)cc3)=Nc3ccccc32)cc1. The molecule has 134 valence electrons. The lowest BCUT2D eigenvalue weighted by atomic mass is 10.0. The van der Waals surface area contributed by atoms with E-state index in [0.717, 1.165) is 33.8 Å². The molecule has 0 aromatic heterocycles. The number of aliphatic imine (C=N–C) groups is 1. The minimum absolute atomic E-state index is 0.279. The highest BCUT2D eigenvalue weighted by molar-refractivity contribution is 6.18. The minimum Gasteiger partial charge on any atom is -0.378 e. The van der Waals surface area contributed by atoms with Crippen LogP contribution in [0.4, 0.5) is 15.8 Å². The number of anilines is 1. The standard InChI is InChI=1S/C22H19FN4/c1-27(2)18-13-9-15(10-14-18)21-19-5-3-4-6-20(19)24-22(26-25-21)16-7-11-17(23)12-8-16/h3-14H,1-2H3,(H,24,26). The summed E-state index contributed by atoms with van der Waals surface area (Å²) in [6.45, 7) is 0. The van der Waals surface area contributed by atoms with Gasteiger partial charge in [-0.2, -0.15) is 5.10 Å². The van der Waals surface area contributed by atoms with Crippen molar-refractivity contribution in [2.24, 2.45) is 10.1 Å². The second kappa shape index (κ2) is 7.03. The summed E-state index contributed by atoms with van der Waals surface area (Å²) >= 11 is 0. The number of nitrogens with one attached hydrogen (secondary N) is 1. The third kappa shape index (κ3) is 3.44. The zero-order valence-electron chi connectivity index (χ0n) is 15.1. The van der Waals surface area contributed by atoms with Crippen LogP contribution in [0.25, 0.3) is 0 Å². The molecular weight excluding hydrogens is 339 g/mol. The summed E-state index contributed by atoms with van der Waals surface area (Å²) in [4.78, 5) is 6.78. The Bertz CT molecular complexity index is 1020. The number of nitrogens with zero attached hydrogens (tertiary/aromatic N) is 3. The highest BCUT2D eigenvalue weighted by Crippen LogP contribution is 2.26. The molecule has 0 radical (unpaired) electrons. The summed E-state index contributed by atoms with van der Waals surface area (Å²) in [6.07, 6.45) is 0. The Morgan fingerprint density at radius 1 is 0.815 bits per heavy atom. The number of hydrazone groups is 1. The lowest BCUT2D eigenvalue weighted by Gasteiger charge is -2.13. The van der Waals surface area contributed by atoms with Gasteiger partial charge < -0.3 is 4.90 Å². The van der Waals surface area contributed by atoms with Crippen molar-refractivity contribution in [3.05, 3.63) is 95.3 Å². The zero-order valence-corrected chi connectivity index (χ0v) is 15.1. The third-order valence-corrected chi connectivity index (χ3v) is 4.44. The molecule has 0 saturated carbocycles. The molecule has 0 amide bonds. The molecule has 1 aliphatic rings. The molecule has 0 spiro atoms. The Balaban J connectivity index is 1.78. The number of amidine groups is 1. The van der Waals surface area contributed by atoms with Crippen molar-refractivity contribution < 1.29 is 4.39 Å². The van der Waals surface area contributed by atoms with Crippen molar-refractivity contribution in [1.29, 1.82) is 0 Å². The largest absolute Gasteiger partial charge is 0.378 e. The molecule has 0 atom stereocenters. The van der Waals surface area contributed by atoms with Crippen LogP contribution in [0, 0.1) is 5.82 Å². The molecule has 0 fully saturated rings. The highest BCUT2D eigenvalue weighted by Gasteiger charge is 2.17. The molecule has 27 heavy (non-hydrogen) atoms. The van der Waals surface area contributed by atoms with E-state index in [1.807, 2.05) is 38.4 Å². The Labute approximate surface area is 157 Å². The van der Waals surface area contributed by atoms with E-state index in [2.05, 4.69) is 39.7 Å². The molecule has 1 heterocycles.